The van der Waals surface area contributed by atoms with Crippen molar-refractivity contribution < 1.29 is 14.7 Å². The lowest BCUT2D eigenvalue weighted by atomic mass is 9.94. The molecule has 5 nitrogen and oxygen atoms in total. The third-order valence-electron chi connectivity index (χ3n) is 3.28. The van der Waals surface area contributed by atoms with Crippen molar-refractivity contribution in [3.05, 3.63) is 35.4 Å². The average molecular weight is 262 g/mol. The molecule has 0 saturated carbocycles. The summed E-state index contributed by atoms with van der Waals surface area (Å²) >= 11 is 0. The summed E-state index contributed by atoms with van der Waals surface area (Å²) in [5.74, 6) is -1.83. The molecule has 0 radical (unpaired) electrons. The smallest absolute Gasteiger partial charge is 0.235 e. The summed E-state index contributed by atoms with van der Waals surface area (Å²) in [6.45, 7) is 2.77. The van der Waals surface area contributed by atoms with Gasteiger partial charge in [0, 0.05) is 13.1 Å². The van der Waals surface area contributed by atoms with Gasteiger partial charge in [-0.05, 0) is 18.9 Å². The van der Waals surface area contributed by atoms with Gasteiger partial charge < -0.3 is 15.7 Å². The summed E-state index contributed by atoms with van der Waals surface area (Å²) in [6, 6.07) is 7.77. The predicted octanol–water partition coefficient (Wildman–Crippen LogP) is 0.108. The van der Waals surface area contributed by atoms with Crippen LogP contribution in [-0.4, -0.2) is 29.6 Å². The van der Waals surface area contributed by atoms with Crippen molar-refractivity contribution in [2.45, 2.75) is 26.0 Å². The second-order valence-electron chi connectivity index (χ2n) is 4.83. The van der Waals surface area contributed by atoms with Crippen LogP contribution in [0.4, 0.5) is 0 Å². The molecule has 5 heteroatoms. The number of hydrogen-bond donors (Lipinski definition) is 3. The maximum absolute atomic E-state index is 11.9. The number of amides is 2. The number of aliphatic hydroxyl groups is 1. The number of benzene rings is 1. The third kappa shape index (κ3) is 3.32. The molecule has 0 spiro atoms. The fraction of sp³-hybridized carbons (Fsp3) is 0.429. The van der Waals surface area contributed by atoms with E-state index in [2.05, 4.69) is 10.6 Å². The molecular weight excluding hydrogens is 244 g/mol. The van der Waals surface area contributed by atoms with Crippen LogP contribution in [0.2, 0.25) is 0 Å². The third-order valence-corrected chi connectivity index (χ3v) is 3.28. The first kappa shape index (κ1) is 13.5. The van der Waals surface area contributed by atoms with Gasteiger partial charge in [0.05, 0.1) is 6.10 Å². The highest BCUT2D eigenvalue weighted by atomic mass is 16.3. The van der Waals surface area contributed by atoms with Crippen LogP contribution < -0.4 is 10.6 Å². The molecule has 1 aromatic carbocycles. The Morgan fingerprint density at radius 2 is 2.11 bits per heavy atom. The quantitative estimate of drug-likeness (QED) is 0.676. The molecular formula is C14H18N2O3. The minimum absolute atomic E-state index is 0.357. The van der Waals surface area contributed by atoms with E-state index in [9.17, 15) is 14.7 Å². The van der Waals surface area contributed by atoms with Crippen LogP contribution in [0.3, 0.4) is 0 Å². The molecule has 1 fully saturated rings. The van der Waals surface area contributed by atoms with Crippen molar-refractivity contribution in [2.24, 2.45) is 5.92 Å². The average Bonchev–Trinajstić information content (AvgIpc) is 2.38. The Bertz CT molecular complexity index is 470. The Hall–Kier alpha value is -1.88. The first-order valence-corrected chi connectivity index (χ1v) is 6.37. The lowest BCUT2D eigenvalue weighted by molar-refractivity contribution is -0.142. The Morgan fingerprint density at radius 1 is 1.42 bits per heavy atom. The van der Waals surface area contributed by atoms with Gasteiger partial charge in [-0.1, -0.05) is 29.8 Å². The molecule has 19 heavy (non-hydrogen) atoms. The number of aryl methyl sites for hydroxylation is 1. The Morgan fingerprint density at radius 3 is 2.74 bits per heavy atom. The maximum atomic E-state index is 11.9. The van der Waals surface area contributed by atoms with Crippen molar-refractivity contribution in [1.29, 1.82) is 0 Å². The van der Waals surface area contributed by atoms with Crippen LogP contribution in [0.5, 0.6) is 0 Å². The highest BCUT2D eigenvalue weighted by Gasteiger charge is 2.36. The predicted molar refractivity (Wildman–Crippen MR) is 70.1 cm³/mol. The van der Waals surface area contributed by atoms with Gasteiger partial charge >= 0.3 is 0 Å². The van der Waals surface area contributed by atoms with Gasteiger partial charge in [0.2, 0.25) is 11.8 Å². The van der Waals surface area contributed by atoms with Gasteiger partial charge in [0.25, 0.3) is 0 Å². The van der Waals surface area contributed by atoms with Gasteiger partial charge in [0.15, 0.2) is 0 Å². The number of piperidine rings is 1. The van der Waals surface area contributed by atoms with Gasteiger partial charge in [-0.25, -0.2) is 0 Å². The van der Waals surface area contributed by atoms with Crippen molar-refractivity contribution in [3.8, 4) is 0 Å². The molecule has 0 bridgehead atoms. The monoisotopic (exact) mass is 262 g/mol. The second-order valence-corrected chi connectivity index (χ2v) is 4.83. The highest BCUT2D eigenvalue weighted by molar-refractivity contribution is 6.01. The molecule has 1 saturated heterocycles. The SMILES string of the molecule is Cc1ccc(CNC(=O)C2C(=O)NCCC2O)cc1. The maximum Gasteiger partial charge on any atom is 0.235 e. The fourth-order valence-corrected chi connectivity index (χ4v) is 2.09. The fourth-order valence-electron chi connectivity index (χ4n) is 2.09. The summed E-state index contributed by atoms with van der Waals surface area (Å²) in [6.07, 6.45) is -0.485. The second kappa shape index (κ2) is 5.84. The summed E-state index contributed by atoms with van der Waals surface area (Å²) in [7, 11) is 0. The standard InChI is InChI=1S/C14H18N2O3/c1-9-2-4-10(5-3-9)8-16-14(19)12-11(17)6-7-15-13(12)18/h2-5,11-12,17H,6-8H2,1H3,(H,15,18)(H,16,19). The van der Waals surface area contributed by atoms with Crippen LogP contribution in [0.1, 0.15) is 17.5 Å². The zero-order chi connectivity index (χ0) is 13.8. The number of rotatable bonds is 3. The number of carbonyl (C=O) groups is 2. The molecule has 2 unspecified atom stereocenters. The Kier molecular flexibility index (Phi) is 4.16. The summed E-state index contributed by atoms with van der Waals surface area (Å²) < 4.78 is 0. The molecule has 0 aliphatic carbocycles. The highest BCUT2D eigenvalue weighted by Crippen LogP contribution is 2.13. The number of aliphatic hydroxyl groups excluding tert-OH is 1. The molecule has 2 atom stereocenters. The molecule has 102 valence electrons. The van der Waals surface area contributed by atoms with Crippen molar-refractivity contribution in [2.75, 3.05) is 6.54 Å². The van der Waals surface area contributed by atoms with E-state index in [0.29, 0.717) is 19.5 Å². The van der Waals surface area contributed by atoms with E-state index in [1.807, 2.05) is 31.2 Å². The normalized spacial score (nSPS) is 22.7. The Balaban J connectivity index is 1.93. The molecule has 2 amide bonds. The zero-order valence-corrected chi connectivity index (χ0v) is 10.8. The number of hydrogen-bond acceptors (Lipinski definition) is 3. The largest absolute Gasteiger partial charge is 0.392 e. The van der Waals surface area contributed by atoms with Gasteiger partial charge in [-0.3, -0.25) is 9.59 Å². The van der Waals surface area contributed by atoms with Gasteiger partial charge in [-0.2, -0.15) is 0 Å². The topological polar surface area (TPSA) is 78.4 Å². The summed E-state index contributed by atoms with van der Waals surface area (Å²) in [5, 5.41) is 15.0. The number of nitrogens with one attached hydrogen (secondary N) is 2. The van der Waals surface area contributed by atoms with E-state index in [1.54, 1.807) is 0 Å². The van der Waals surface area contributed by atoms with Crippen molar-refractivity contribution in [3.63, 3.8) is 0 Å². The van der Waals surface area contributed by atoms with Gasteiger partial charge in [0.1, 0.15) is 5.92 Å². The molecule has 1 aromatic rings. The van der Waals surface area contributed by atoms with Crippen molar-refractivity contribution >= 4 is 11.8 Å². The van der Waals surface area contributed by atoms with E-state index in [1.165, 1.54) is 0 Å². The van der Waals surface area contributed by atoms with Gasteiger partial charge in [-0.15, -0.1) is 0 Å². The lowest BCUT2D eigenvalue weighted by Crippen LogP contribution is -2.51. The van der Waals surface area contributed by atoms with Crippen molar-refractivity contribution in [1.82, 2.24) is 10.6 Å². The van der Waals surface area contributed by atoms with Crippen LogP contribution in [0, 0.1) is 12.8 Å². The van der Waals surface area contributed by atoms with E-state index < -0.39 is 23.8 Å². The Labute approximate surface area is 112 Å². The summed E-state index contributed by atoms with van der Waals surface area (Å²) in [4.78, 5) is 23.5. The summed E-state index contributed by atoms with van der Waals surface area (Å²) in [5.41, 5.74) is 2.11. The zero-order valence-electron chi connectivity index (χ0n) is 10.8. The van der Waals surface area contributed by atoms with Crippen LogP contribution in [0.15, 0.2) is 24.3 Å². The molecule has 0 aromatic heterocycles. The lowest BCUT2D eigenvalue weighted by Gasteiger charge is -2.26. The van der Waals surface area contributed by atoms with E-state index in [0.717, 1.165) is 11.1 Å². The molecule has 1 aliphatic rings. The van der Waals surface area contributed by atoms with E-state index in [4.69, 9.17) is 0 Å². The van der Waals surface area contributed by atoms with E-state index >= 15 is 0 Å². The van der Waals surface area contributed by atoms with E-state index in [-0.39, 0.29) is 0 Å². The van der Waals surface area contributed by atoms with Crippen LogP contribution >= 0.6 is 0 Å². The molecule has 3 N–H and O–H groups in total. The van der Waals surface area contributed by atoms with Crippen LogP contribution in [-0.2, 0) is 16.1 Å². The minimum atomic E-state index is -1.00. The molecule has 1 aliphatic heterocycles. The molecule has 1 heterocycles. The van der Waals surface area contributed by atoms with Crippen LogP contribution in [0.25, 0.3) is 0 Å². The first-order chi connectivity index (χ1) is 9.08. The number of carbonyl (C=O) groups excluding carboxylic acids is 2. The molecule has 2 rings (SSSR count). The first-order valence-electron chi connectivity index (χ1n) is 6.37. The minimum Gasteiger partial charge on any atom is -0.392 e.